The van der Waals surface area contributed by atoms with Crippen molar-refractivity contribution < 1.29 is 14.3 Å². The summed E-state index contributed by atoms with van der Waals surface area (Å²) in [6.45, 7) is 8.48. The highest BCUT2D eigenvalue weighted by atomic mass is 16.6. The summed E-state index contributed by atoms with van der Waals surface area (Å²) in [6.07, 6.45) is 1.04. The molecule has 0 aliphatic heterocycles. The van der Waals surface area contributed by atoms with Crippen LogP contribution in [0.25, 0.3) is 0 Å². The molecule has 0 bridgehead atoms. The highest BCUT2D eigenvalue weighted by molar-refractivity contribution is 5.75. The first-order valence-corrected chi connectivity index (χ1v) is 11.4. The molecule has 0 N–H and O–H groups in total. The Morgan fingerprint density at radius 3 is 2.00 bits per heavy atom. The first-order valence-electron chi connectivity index (χ1n) is 11.4. The number of aldehydes is 1. The Morgan fingerprint density at radius 1 is 0.879 bits per heavy atom. The maximum absolute atomic E-state index is 13.0. The van der Waals surface area contributed by atoms with Crippen molar-refractivity contribution in [3.63, 3.8) is 0 Å². The summed E-state index contributed by atoms with van der Waals surface area (Å²) >= 11 is 0. The summed E-state index contributed by atoms with van der Waals surface area (Å²) in [5, 5.41) is 0. The number of carbonyl (C=O) groups excluding carboxylic acids is 2. The van der Waals surface area contributed by atoms with E-state index in [1.54, 1.807) is 12.1 Å². The summed E-state index contributed by atoms with van der Waals surface area (Å²) in [4.78, 5) is 26.5. The van der Waals surface area contributed by atoms with E-state index >= 15 is 0 Å². The van der Waals surface area contributed by atoms with Gasteiger partial charge in [0.05, 0.1) is 6.42 Å². The molecule has 3 rings (SSSR count). The third-order valence-corrected chi connectivity index (χ3v) is 5.63. The van der Waals surface area contributed by atoms with E-state index in [2.05, 4.69) is 36.1 Å². The zero-order chi connectivity index (χ0) is 23.8. The molecule has 3 aromatic carbocycles. The smallest absolute Gasteiger partial charge is 0.308 e. The number of esters is 1. The average molecular weight is 444 g/mol. The van der Waals surface area contributed by atoms with Crippen molar-refractivity contribution in [3.05, 3.63) is 107 Å². The molecule has 0 spiro atoms. The van der Waals surface area contributed by atoms with Crippen LogP contribution >= 0.6 is 0 Å². The Balaban J connectivity index is 2.03. The minimum absolute atomic E-state index is 0.0459. The molecule has 0 aromatic heterocycles. The Labute approximate surface area is 197 Å². The molecule has 4 nitrogen and oxygen atoms in total. The summed E-state index contributed by atoms with van der Waals surface area (Å²) < 4.78 is 5.70. The van der Waals surface area contributed by atoms with Gasteiger partial charge < -0.3 is 4.74 Å². The average Bonchev–Trinajstić information content (AvgIpc) is 2.81. The van der Waals surface area contributed by atoms with Gasteiger partial charge in [-0.15, -0.1) is 0 Å². The van der Waals surface area contributed by atoms with E-state index in [-0.39, 0.29) is 24.5 Å². The summed E-state index contributed by atoms with van der Waals surface area (Å²) in [7, 11) is 0. The number of nitrogens with zero attached hydrogens (tertiary/aromatic N) is 1. The predicted molar refractivity (Wildman–Crippen MR) is 132 cm³/mol. The molecule has 172 valence electrons. The molecule has 33 heavy (non-hydrogen) atoms. The monoisotopic (exact) mass is 443 g/mol. The third-order valence-electron chi connectivity index (χ3n) is 5.63. The molecule has 3 aromatic rings. The van der Waals surface area contributed by atoms with Crippen LogP contribution in [0.15, 0.2) is 84.9 Å². The molecule has 0 amide bonds. The lowest BCUT2D eigenvalue weighted by Crippen LogP contribution is -2.34. The fraction of sp³-hybridized carbons (Fsp3) is 0.310. The van der Waals surface area contributed by atoms with Gasteiger partial charge in [0.25, 0.3) is 0 Å². The Hall–Kier alpha value is -3.24. The standard InChI is InChI=1S/C29H33NO3/c1-22(25-13-9-6-10-14-25)30(20-23-11-7-5-8-12-23)27(19-28(32)33-29(2,3)4)26-17-15-24(21-31)16-18-26/h5-18,21-22,27H,19-20H2,1-4H3/t22-,27+/m0/s1. The maximum atomic E-state index is 13.0. The van der Waals surface area contributed by atoms with Crippen molar-refractivity contribution >= 4 is 12.3 Å². The number of rotatable bonds is 9. The van der Waals surface area contributed by atoms with Crippen LogP contribution in [-0.4, -0.2) is 22.8 Å². The summed E-state index contributed by atoms with van der Waals surface area (Å²) in [5.41, 5.74) is 3.37. The number of hydrogen-bond donors (Lipinski definition) is 0. The maximum Gasteiger partial charge on any atom is 0.308 e. The lowest BCUT2D eigenvalue weighted by molar-refractivity contribution is -0.156. The van der Waals surface area contributed by atoms with Crippen molar-refractivity contribution in [1.82, 2.24) is 4.90 Å². The molecule has 0 saturated carbocycles. The van der Waals surface area contributed by atoms with Gasteiger partial charge in [0.2, 0.25) is 0 Å². The SMILES string of the molecule is C[C@@H](c1ccccc1)N(Cc1ccccc1)[C@H](CC(=O)OC(C)(C)C)c1ccc(C=O)cc1. The highest BCUT2D eigenvalue weighted by Gasteiger charge is 2.30. The lowest BCUT2D eigenvalue weighted by Gasteiger charge is -2.37. The van der Waals surface area contributed by atoms with Crippen LogP contribution in [0.1, 0.15) is 73.2 Å². The van der Waals surface area contributed by atoms with Gasteiger partial charge in [-0.1, -0.05) is 84.9 Å². The minimum atomic E-state index is -0.557. The van der Waals surface area contributed by atoms with E-state index < -0.39 is 5.60 Å². The second kappa shape index (κ2) is 11.1. The third kappa shape index (κ3) is 7.13. The van der Waals surface area contributed by atoms with E-state index in [0.717, 1.165) is 11.8 Å². The van der Waals surface area contributed by atoms with E-state index in [9.17, 15) is 9.59 Å². The first-order chi connectivity index (χ1) is 15.8. The van der Waals surface area contributed by atoms with Gasteiger partial charge in [-0.05, 0) is 44.4 Å². The van der Waals surface area contributed by atoms with E-state index in [4.69, 9.17) is 4.74 Å². The van der Waals surface area contributed by atoms with Gasteiger partial charge >= 0.3 is 5.97 Å². The summed E-state index contributed by atoms with van der Waals surface area (Å²) in [6, 6.07) is 27.9. The van der Waals surface area contributed by atoms with Crippen LogP contribution in [-0.2, 0) is 16.1 Å². The predicted octanol–water partition coefficient (Wildman–Crippen LogP) is 6.54. The van der Waals surface area contributed by atoms with Crippen molar-refractivity contribution in [2.45, 2.75) is 58.3 Å². The quantitative estimate of drug-likeness (QED) is 0.278. The van der Waals surface area contributed by atoms with E-state index in [1.165, 1.54) is 11.1 Å². The van der Waals surface area contributed by atoms with Gasteiger partial charge in [0, 0.05) is 24.2 Å². The van der Waals surface area contributed by atoms with Crippen LogP contribution in [0, 0.1) is 0 Å². The molecule has 0 aliphatic carbocycles. The van der Waals surface area contributed by atoms with E-state index in [1.807, 2.05) is 69.3 Å². The van der Waals surface area contributed by atoms with Crippen molar-refractivity contribution in [2.75, 3.05) is 0 Å². The second-order valence-electron chi connectivity index (χ2n) is 9.34. The van der Waals surface area contributed by atoms with Crippen LogP contribution in [0.5, 0.6) is 0 Å². The highest BCUT2D eigenvalue weighted by Crippen LogP contribution is 2.35. The molecule has 0 saturated heterocycles. The molecular formula is C29H33NO3. The van der Waals surface area contributed by atoms with Crippen molar-refractivity contribution in [2.24, 2.45) is 0 Å². The zero-order valence-electron chi connectivity index (χ0n) is 19.9. The molecule has 0 aliphatic rings. The lowest BCUT2D eigenvalue weighted by atomic mass is 9.96. The second-order valence-corrected chi connectivity index (χ2v) is 9.34. The summed E-state index contributed by atoms with van der Waals surface area (Å²) in [5.74, 6) is -0.245. The van der Waals surface area contributed by atoms with Crippen LogP contribution in [0.3, 0.4) is 0 Å². The first kappa shape index (κ1) is 24.4. The number of carbonyl (C=O) groups is 2. The van der Waals surface area contributed by atoms with Gasteiger partial charge in [-0.2, -0.15) is 0 Å². The minimum Gasteiger partial charge on any atom is -0.460 e. The fourth-order valence-corrected chi connectivity index (χ4v) is 4.00. The number of benzene rings is 3. The largest absolute Gasteiger partial charge is 0.460 e. The molecule has 0 heterocycles. The molecule has 4 heteroatoms. The molecule has 0 radical (unpaired) electrons. The topological polar surface area (TPSA) is 46.6 Å². The van der Waals surface area contributed by atoms with Crippen molar-refractivity contribution in [3.8, 4) is 0 Å². The van der Waals surface area contributed by atoms with Gasteiger partial charge in [-0.25, -0.2) is 0 Å². The van der Waals surface area contributed by atoms with Crippen LogP contribution < -0.4 is 0 Å². The number of hydrogen-bond acceptors (Lipinski definition) is 4. The molecular weight excluding hydrogens is 410 g/mol. The van der Waals surface area contributed by atoms with Gasteiger partial charge in [0.1, 0.15) is 11.9 Å². The molecule has 2 atom stereocenters. The van der Waals surface area contributed by atoms with Crippen LogP contribution in [0.4, 0.5) is 0 Å². The van der Waals surface area contributed by atoms with Crippen LogP contribution in [0.2, 0.25) is 0 Å². The molecule has 0 fully saturated rings. The number of ether oxygens (including phenoxy) is 1. The fourth-order valence-electron chi connectivity index (χ4n) is 4.00. The Kier molecular flexibility index (Phi) is 8.18. The Morgan fingerprint density at radius 2 is 1.45 bits per heavy atom. The van der Waals surface area contributed by atoms with E-state index in [0.29, 0.717) is 12.1 Å². The Bertz CT molecular complexity index is 1020. The van der Waals surface area contributed by atoms with Gasteiger partial charge in [-0.3, -0.25) is 14.5 Å². The zero-order valence-corrected chi connectivity index (χ0v) is 19.9. The van der Waals surface area contributed by atoms with Crippen molar-refractivity contribution in [1.29, 1.82) is 0 Å². The normalized spacial score (nSPS) is 13.4. The molecule has 0 unspecified atom stereocenters. The van der Waals surface area contributed by atoms with Gasteiger partial charge in [0.15, 0.2) is 0 Å².